The highest BCUT2D eigenvalue weighted by Crippen LogP contribution is 2.25. The van der Waals surface area contributed by atoms with Crippen LogP contribution in [0.3, 0.4) is 0 Å². The monoisotopic (exact) mass is 540 g/mol. The van der Waals surface area contributed by atoms with Gasteiger partial charge in [-0.25, -0.2) is 22.5 Å². The summed E-state index contributed by atoms with van der Waals surface area (Å²) in [5.74, 6) is -0.978. The van der Waals surface area contributed by atoms with Crippen molar-refractivity contribution >= 4 is 38.9 Å². The number of hydrogen-bond acceptors (Lipinski definition) is 7. The number of benzene rings is 2. The molecule has 0 atom stereocenters. The summed E-state index contributed by atoms with van der Waals surface area (Å²) in [7, 11) is -3.55. The summed E-state index contributed by atoms with van der Waals surface area (Å²) in [6.45, 7) is 0.0425. The van der Waals surface area contributed by atoms with Gasteiger partial charge >= 0.3 is 0 Å². The van der Waals surface area contributed by atoms with Crippen LogP contribution in [0.15, 0.2) is 67.1 Å². The van der Waals surface area contributed by atoms with Crippen LogP contribution >= 0.6 is 11.6 Å². The minimum atomic E-state index is -3.55. The predicted molar refractivity (Wildman–Crippen MR) is 135 cm³/mol. The maximum absolute atomic E-state index is 13.9. The van der Waals surface area contributed by atoms with Crippen molar-refractivity contribution in [3.8, 4) is 17.6 Å². The Morgan fingerprint density at radius 3 is 2.73 bits per heavy atom. The molecule has 0 radical (unpaired) electrons. The van der Waals surface area contributed by atoms with Crippen LogP contribution in [0.1, 0.15) is 21.5 Å². The van der Waals surface area contributed by atoms with Gasteiger partial charge in [0.1, 0.15) is 12.4 Å². The number of carbonyl (C=O) groups excluding carboxylic acids is 1. The van der Waals surface area contributed by atoms with Gasteiger partial charge in [-0.2, -0.15) is 10.4 Å². The first-order valence-corrected chi connectivity index (χ1v) is 12.8. The van der Waals surface area contributed by atoms with Gasteiger partial charge in [0.2, 0.25) is 10.0 Å². The number of aromatic nitrogens is 3. The lowest BCUT2D eigenvalue weighted by atomic mass is 10.1. The van der Waals surface area contributed by atoms with Gasteiger partial charge in [-0.15, -0.1) is 0 Å². The van der Waals surface area contributed by atoms with E-state index in [1.807, 2.05) is 6.07 Å². The number of nitrogens with one attached hydrogen (secondary N) is 2. The second-order valence-electron chi connectivity index (χ2n) is 7.81. The Bertz CT molecular complexity index is 1630. The quantitative estimate of drug-likeness (QED) is 0.342. The van der Waals surface area contributed by atoms with Crippen LogP contribution in [0.2, 0.25) is 5.02 Å². The maximum atomic E-state index is 13.9. The van der Waals surface area contributed by atoms with Crippen molar-refractivity contribution in [3.05, 3.63) is 94.7 Å². The molecule has 2 N–H and O–H groups in total. The Morgan fingerprint density at radius 1 is 1.19 bits per heavy atom. The number of hydrogen-bond donors (Lipinski definition) is 2. The second kappa shape index (κ2) is 10.7. The van der Waals surface area contributed by atoms with Crippen LogP contribution in [-0.4, -0.2) is 35.3 Å². The van der Waals surface area contributed by atoms with Crippen LogP contribution < -0.4 is 14.8 Å². The standard InChI is InChI=1S/C24H18ClFN6O4S/c1-37(34,35)31-21-7-18(25)6-20(9-21)30-24(33)17-11-29-32(13-17)23-22(8-19(26)12-28-23)36-14-16-4-2-3-15(5-16)10-27/h2-9,11-13,31H,14H2,1H3,(H,30,33). The van der Waals surface area contributed by atoms with Crippen LogP contribution in [0, 0.1) is 17.1 Å². The summed E-state index contributed by atoms with van der Waals surface area (Å²) in [5, 5.41) is 16.0. The van der Waals surface area contributed by atoms with E-state index in [-0.39, 0.29) is 40.1 Å². The molecule has 0 aliphatic heterocycles. The smallest absolute Gasteiger partial charge is 0.258 e. The Hall–Kier alpha value is -4.47. The van der Waals surface area contributed by atoms with E-state index in [1.165, 1.54) is 35.3 Å². The number of nitrogens with zero attached hydrogens (tertiary/aromatic N) is 4. The van der Waals surface area contributed by atoms with Crippen molar-refractivity contribution in [3.63, 3.8) is 0 Å². The zero-order chi connectivity index (χ0) is 26.6. The third-order valence-electron chi connectivity index (χ3n) is 4.77. The molecular formula is C24H18ClFN6O4S. The minimum Gasteiger partial charge on any atom is -0.485 e. The molecular weight excluding hydrogens is 523 g/mol. The van der Waals surface area contributed by atoms with Gasteiger partial charge in [-0.05, 0) is 35.9 Å². The lowest BCUT2D eigenvalue weighted by Gasteiger charge is -2.11. The molecule has 10 nitrogen and oxygen atoms in total. The fourth-order valence-corrected chi connectivity index (χ4v) is 4.06. The number of sulfonamides is 1. The highest BCUT2D eigenvalue weighted by Gasteiger charge is 2.16. The van der Waals surface area contributed by atoms with E-state index in [9.17, 15) is 17.6 Å². The summed E-state index contributed by atoms with van der Waals surface area (Å²) < 4.78 is 46.2. The molecule has 4 aromatic rings. The Kier molecular flexibility index (Phi) is 7.37. The Morgan fingerprint density at radius 2 is 1.97 bits per heavy atom. The molecule has 4 rings (SSSR count). The third kappa shape index (κ3) is 6.81. The fourth-order valence-electron chi connectivity index (χ4n) is 3.28. The average molecular weight is 541 g/mol. The average Bonchev–Trinajstić information content (AvgIpc) is 3.32. The SMILES string of the molecule is CS(=O)(=O)Nc1cc(Cl)cc(NC(=O)c2cnn(-c3ncc(F)cc3OCc3cccc(C#N)c3)c2)c1. The summed E-state index contributed by atoms with van der Waals surface area (Å²) in [5.41, 5.74) is 1.72. The molecule has 0 saturated carbocycles. The molecule has 0 saturated heterocycles. The van der Waals surface area contributed by atoms with Gasteiger partial charge in [0.25, 0.3) is 5.91 Å². The first-order valence-electron chi connectivity index (χ1n) is 10.5. The minimum absolute atomic E-state index is 0.0425. The molecule has 0 spiro atoms. The molecule has 2 heterocycles. The van der Waals surface area contributed by atoms with E-state index >= 15 is 0 Å². The molecule has 13 heteroatoms. The van der Waals surface area contributed by atoms with Gasteiger partial charge in [-0.1, -0.05) is 23.7 Å². The summed E-state index contributed by atoms with van der Waals surface area (Å²) in [6.07, 6.45) is 4.63. The first kappa shape index (κ1) is 25.6. The molecule has 0 bridgehead atoms. The molecule has 0 aliphatic carbocycles. The van der Waals surface area contributed by atoms with Gasteiger partial charge in [0.05, 0.1) is 41.5 Å². The predicted octanol–water partition coefficient (Wildman–Crippen LogP) is 4.13. The van der Waals surface area contributed by atoms with Gasteiger partial charge in [-0.3, -0.25) is 9.52 Å². The molecule has 2 aromatic heterocycles. The van der Waals surface area contributed by atoms with Crippen molar-refractivity contribution in [2.45, 2.75) is 6.61 Å². The normalized spacial score (nSPS) is 11.0. The molecule has 1 amide bonds. The first-order chi connectivity index (χ1) is 17.6. The van der Waals surface area contributed by atoms with Crippen molar-refractivity contribution in [1.29, 1.82) is 5.26 Å². The third-order valence-corrected chi connectivity index (χ3v) is 5.60. The number of pyridine rings is 1. The van der Waals surface area contributed by atoms with Crippen LogP contribution in [0.4, 0.5) is 15.8 Å². The molecule has 0 fully saturated rings. The lowest BCUT2D eigenvalue weighted by Crippen LogP contribution is -2.13. The van der Waals surface area contributed by atoms with Crippen LogP contribution in [0.25, 0.3) is 5.82 Å². The van der Waals surface area contributed by atoms with Gasteiger partial charge in [0, 0.05) is 23.0 Å². The van der Waals surface area contributed by atoms with E-state index in [0.29, 0.717) is 11.1 Å². The van der Waals surface area contributed by atoms with E-state index in [2.05, 4.69) is 20.1 Å². The van der Waals surface area contributed by atoms with Crippen molar-refractivity contribution in [2.24, 2.45) is 0 Å². The summed E-state index contributed by atoms with van der Waals surface area (Å²) in [6, 6.07) is 14.2. The van der Waals surface area contributed by atoms with E-state index in [0.717, 1.165) is 18.5 Å². The lowest BCUT2D eigenvalue weighted by molar-refractivity contribution is 0.102. The van der Waals surface area contributed by atoms with Gasteiger partial charge < -0.3 is 10.1 Å². The molecule has 0 unspecified atom stereocenters. The number of carbonyl (C=O) groups is 1. The highest BCUT2D eigenvalue weighted by molar-refractivity contribution is 7.92. The largest absolute Gasteiger partial charge is 0.485 e. The van der Waals surface area contributed by atoms with E-state index in [4.69, 9.17) is 21.6 Å². The van der Waals surface area contributed by atoms with E-state index < -0.39 is 21.7 Å². The molecule has 0 aliphatic rings. The summed E-state index contributed by atoms with van der Waals surface area (Å²) in [4.78, 5) is 16.8. The van der Waals surface area contributed by atoms with Crippen LogP contribution in [0.5, 0.6) is 5.75 Å². The number of anilines is 2. The topological polar surface area (TPSA) is 139 Å². The Labute approximate surface area is 216 Å². The number of rotatable bonds is 8. The highest BCUT2D eigenvalue weighted by atomic mass is 35.5. The zero-order valence-electron chi connectivity index (χ0n) is 19.1. The zero-order valence-corrected chi connectivity index (χ0v) is 20.7. The molecule has 37 heavy (non-hydrogen) atoms. The maximum Gasteiger partial charge on any atom is 0.258 e. The van der Waals surface area contributed by atoms with Crippen molar-refractivity contribution in [2.75, 3.05) is 16.3 Å². The molecule has 188 valence electrons. The van der Waals surface area contributed by atoms with Crippen molar-refractivity contribution < 1.29 is 22.3 Å². The fraction of sp³-hybridized carbons (Fsp3) is 0.0833. The summed E-state index contributed by atoms with van der Waals surface area (Å²) >= 11 is 6.04. The number of nitriles is 1. The Balaban J connectivity index is 1.53. The number of ether oxygens (including phenoxy) is 1. The second-order valence-corrected chi connectivity index (χ2v) is 9.99. The number of halogens is 2. The number of amides is 1. The van der Waals surface area contributed by atoms with Crippen molar-refractivity contribution in [1.82, 2.24) is 14.8 Å². The van der Waals surface area contributed by atoms with Crippen LogP contribution in [-0.2, 0) is 16.6 Å². The molecule has 2 aromatic carbocycles. The van der Waals surface area contributed by atoms with E-state index in [1.54, 1.807) is 24.3 Å². The van der Waals surface area contributed by atoms with Gasteiger partial charge in [0.15, 0.2) is 11.6 Å².